The highest BCUT2D eigenvalue weighted by Crippen LogP contribution is 2.38. The van der Waals surface area contributed by atoms with Gasteiger partial charge in [-0.15, -0.1) is 0 Å². The summed E-state index contributed by atoms with van der Waals surface area (Å²) in [7, 11) is 2.16. The molecule has 5 aromatic carbocycles. The van der Waals surface area contributed by atoms with E-state index in [-0.39, 0.29) is 0 Å². The second-order valence-electron chi connectivity index (χ2n) is 9.81. The molecule has 0 spiro atoms. The van der Waals surface area contributed by atoms with Gasteiger partial charge in [-0.25, -0.2) is 0 Å². The molecule has 0 fully saturated rings. The third kappa shape index (κ3) is 3.76. The van der Waals surface area contributed by atoms with Crippen molar-refractivity contribution < 1.29 is 0 Å². The monoisotopic (exact) mass is 466 g/mol. The molecule has 0 unspecified atom stereocenters. The van der Waals surface area contributed by atoms with Crippen molar-refractivity contribution in [2.45, 2.75) is 20.8 Å². The largest absolute Gasteiger partial charge is 0.344 e. The first-order chi connectivity index (χ1) is 17.5. The molecule has 1 aromatic heterocycles. The first kappa shape index (κ1) is 22.2. The van der Waals surface area contributed by atoms with Crippen LogP contribution in [-0.4, -0.2) is 4.57 Å². The normalized spacial score (nSPS) is 11.3. The maximum absolute atomic E-state index is 2.34. The molecule has 1 heterocycles. The van der Waals surface area contributed by atoms with Gasteiger partial charge in [0.05, 0.1) is 0 Å². The van der Waals surface area contributed by atoms with Crippen LogP contribution in [0.15, 0.2) is 109 Å². The molecule has 0 amide bonds. The maximum Gasteiger partial charge on any atom is 0.0494 e. The van der Waals surface area contributed by atoms with Gasteiger partial charge in [-0.1, -0.05) is 71.8 Å². The molecule has 0 saturated heterocycles. The Kier molecular flexibility index (Phi) is 5.38. The van der Waals surface area contributed by atoms with Crippen molar-refractivity contribution in [3.05, 3.63) is 126 Å². The summed E-state index contributed by atoms with van der Waals surface area (Å²) in [5.74, 6) is 0. The minimum absolute atomic E-state index is 1.16. The van der Waals surface area contributed by atoms with Crippen LogP contribution >= 0.6 is 0 Å². The molecule has 2 heteroatoms. The first-order valence-electron chi connectivity index (χ1n) is 12.5. The lowest BCUT2D eigenvalue weighted by atomic mass is 9.98. The summed E-state index contributed by atoms with van der Waals surface area (Å²) in [5.41, 5.74) is 12.3. The topological polar surface area (TPSA) is 8.17 Å². The van der Waals surface area contributed by atoms with E-state index in [1.165, 1.54) is 49.6 Å². The summed E-state index contributed by atoms with van der Waals surface area (Å²) in [5, 5.41) is 2.61. The Hall–Kier alpha value is -4.30. The van der Waals surface area contributed by atoms with Crippen molar-refractivity contribution in [2.24, 2.45) is 7.05 Å². The second-order valence-corrected chi connectivity index (χ2v) is 9.81. The van der Waals surface area contributed by atoms with Crippen LogP contribution in [0.2, 0.25) is 0 Å². The highest BCUT2D eigenvalue weighted by Gasteiger charge is 2.15. The zero-order chi connectivity index (χ0) is 24.8. The lowest BCUT2D eigenvalue weighted by molar-refractivity contribution is 1.01. The molecule has 0 aliphatic heterocycles. The molecule has 0 saturated carbocycles. The maximum atomic E-state index is 2.34. The van der Waals surface area contributed by atoms with Gasteiger partial charge in [0.1, 0.15) is 0 Å². The van der Waals surface area contributed by atoms with Gasteiger partial charge in [-0.05, 0) is 86.0 Å². The van der Waals surface area contributed by atoms with E-state index < -0.39 is 0 Å². The average Bonchev–Trinajstić information content (AvgIpc) is 3.18. The molecular weight excluding hydrogens is 436 g/mol. The minimum atomic E-state index is 1.16. The van der Waals surface area contributed by atoms with Gasteiger partial charge in [0, 0.05) is 45.9 Å². The number of anilines is 3. The van der Waals surface area contributed by atoms with Crippen LogP contribution in [0.4, 0.5) is 17.1 Å². The number of hydrogen-bond donors (Lipinski definition) is 0. The molecule has 0 N–H and O–H groups in total. The Morgan fingerprint density at radius 2 is 1.11 bits per heavy atom. The first-order valence-corrected chi connectivity index (χ1v) is 12.5. The van der Waals surface area contributed by atoms with E-state index in [1.807, 2.05) is 0 Å². The quantitative estimate of drug-likeness (QED) is 0.251. The minimum Gasteiger partial charge on any atom is -0.344 e. The molecule has 0 atom stereocenters. The molecular formula is C34H30N2. The predicted octanol–water partition coefficient (Wildman–Crippen LogP) is 9.39. The van der Waals surface area contributed by atoms with Crippen LogP contribution in [0, 0.1) is 20.8 Å². The molecule has 0 bridgehead atoms. The number of hydrogen-bond acceptors (Lipinski definition) is 1. The summed E-state index contributed by atoms with van der Waals surface area (Å²) in [6.07, 6.45) is 0. The zero-order valence-corrected chi connectivity index (χ0v) is 21.3. The fraction of sp³-hybridized carbons (Fsp3) is 0.118. The van der Waals surface area contributed by atoms with Gasteiger partial charge in [-0.2, -0.15) is 0 Å². The van der Waals surface area contributed by atoms with E-state index in [0.29, 0.717) is 0 Å². The van der Waals surface area contributed by atoms with E-state index in [1.54, 1.807) is 0 Å². The van der Waals surface area contributed by atoms with E-state index in [4.69, 9.17) is 0 Å². The van der Waals surface area contributed by atoms with E-state index in [0.717, 1.165) is 17.1 Å². The number of fused-ring (bicyclic) bond motifs is 3. The summed E-state index contributed by atoms with van der Waals surface area (Å²) < 4.78 is 2.30. The molecule has 2 nitrogen and oxygen atoms in total. The molecule has 6 rings (SSSR count). The van der Waals surface area contributed by atoms with Crippen LogP contribution in [0.5, 0.6) is 0 Å². The second kappa shape index (κ2) is 8.73. The molecule has 0 aliphatic carbocycles. The average molecular weight is 467 g/mol. The number of benzene rings is 5. The standard InChI is InChI=1S/C34H30N2/c1-23-9-14-27(15-10-23)36(28-16-11-24(2)12-17-28)29-18-20-30(25(3)21-29)26-13-19-32-31-7-5-6-8-33(31)35(4)34(32)22-26/h5-22H,1-4H3. The smallest absolute Gasteiger partial charge is 0.0494 e. The lowest BCUT2D eigenvalue weighted by Crippen LogP contribution is -2.10. The van der Waals surface area contributed by atoms with Crippen molar-refractivity contribution in [2.75, 3.05) is 4.90 Å². The van der Waals surface area contributed by atoms with Crippen molar-refractivity contribution in [1.82, 2.24) is 4.57 Å². The Morgan fingerprint density at radius 3 is 1.75 bits per heavy atom. The van der Waals surface area contributed by atoms with Crippen LogP contribution in [0.1, 0.15) is 16.7 Å². The van der Waals surface area contributed by atoms with Crippen LogP contribution < -0.4 is 4.90 Å². The zero-order valence-electron chi connectivity index (χ0n) is 21.3. The van der Waals surface area contributed by atoms with Gasteiger partial charge in [0.2, 0.25) is 0 Å². The van der Waals surface area contributed by atoms with E-state index >= 15 is 0 Å². The van der Waals surface area contributed by atoms with Gasteiger partial charge in [-0.3, -0.25) is 0 Å². The van der Waals surface area contributed by atoms with Crippen LogP contribution in [0.25, 0.3) is 32.9 Å². The lowest BCUT2D eigenvalue weighted by Gasteiger charge is -2.26. The predicted molar refractivity (Wildman–Crippen MR) is 155 cm³/mol. The fourth-order valence-corrected chi connectivity index (χ4v) is 5.27. The Morgan fingerprint density at radius 1 is 0.528 bits per heavy atom. The number of aryl methyl sites for hydroxylation is 4. The Balaban J connectivity index is 1.45. The summed E-state index contributed by atoms with van der Waals surface area (Å²) in [6.45, 7) is 6.48. The van der Waals surface area contributed by atoms with Gasteiger partial charge < -0.3 is 9.47 Å². The number of aromatic nitrogens is 1. The molecule has 36 heavy (non-hydrogen) atoms. The van der Waals surface area contributed by atoms with Gasteiger partial charge in [0.25, 0.3) is 0 Å². The highest BCUT2D eigenvalue weighted by molar-refractivity contribution is 6.09. The van der Waals surface area contributed by atoms with E-state index in [9.17, 15) is 0 Å². The Bertz CT molecular complexity index is 1660. The summed E-state index contributed by atoms with van der Waals surface area (Å²) >= 11 is 0. The van der Waals surface area contributed by atoms with Crippen molar-refractivity contribution in [3.63, 3.8) is 0 Å². The fourth-order valence-electron chi connectivity index (χ4n) is 5.27. The number of para-hydroxylation sites is 1. The molecule has 0 aliphatic rings. The van der Waals surface area contributed by atoms with Gasteiger partial charge >= 0.3 is 0 Å². The van der Waals surface area contributed by atoms with Crippen LogP contribution in [-0.2, 0) is 7.05 Å². The molecule has 176 valence electrons. The van der Waals surface area contributed by atoms with Gasteiger partial charge in [0.15, 0.2) is 0 Å². The SMILES string of the molecule is Cc1ccc(N(c2ccc(C)cc2)c2ccc(-c3ccc4c5ccccc5n(C)c4c3)c(C)c2)cc1. The third-order valence-corrected chi connectivity index (χ3v) is 7.28. The number of rotatable bonds is 4. The summed E-state index contributed by atoms with van der Waals surface area (Å²) in [6, 6.07) is 39.8. The van der Waals surface area contributed by atoms with Crippen LogP contribution in [0.3, 0.4) is 0 Å². The Labute approximate surface area is 213 Å². The highest BCUT2D eigenvalue weighted by atomic mass is 15.1. The number of nitrogens with zero attached hydrogens (tertiary/aromatic N) is 2. The van der Waals surface area contributed by atoms with Crippen molar-refractivity contribution in [3.8, 4) is 11.1 Å². The van der Waals surface area contributed by atoms with Crippen molar-refractivity contribution in [1.29, 1.82) is 0 Å². The molecule has 0 radical (unpaired) electrons. The van der Waals surface area contributed by atoms with Crippen molar-refractivity contribution >= 4 is 38.9 Å². The van der Waals surface area contributed by atoms with E-state index in [2.05, 4.69) is 146 Å². The third-order valence-electron chi connectivity index (χ3n) is 7.28. The summed E-state index contributed by atoms with van der Waals surface area (Å²) in [4.78, 5) is 2.34. The molecule has 6 aromatic rings.